The highest BCUT2D eigenvalue weighted by Crippen LogP contribution is 2.49. The first kappa shape index (κ1) is 19.2. The number of carbonyl (C=O) groups excluding carboxylic acids is 2. The zero-order valence-electron chi connectivity index (χ0n) is 17.0. The third-order valence-corrected chi connectivity index (χ3v) is 5.58. The second kappa shape index (κ2) is 7.07. The van der Waals surface area contributed by atoms with Crippen LogP contribution in [0.15, 0.2) is 65.3 Å². The number of rotatable bonds is 3. The normalized spacial score (nSPS) is 21.1. The van der Waals surface area contributed by atoms with E-state index in [4.69, 9.17) is 15.2 Å². The topological polar surface area (TPSA) is 78.6 Å². The second-order valence-electron chi connectivity index (χ2n) is 8.38. The van der Waals surface area contributed by atoms with E-state index in [9.17, 15) is 9.59 Å². The Hall–Kier alpha value is -3.08. The van der Waals surface area contributed by atoms with Crippen LogP contribution in [0, 0.1) is 5.41 Å². The number of allylic oxidation sites excluding steroid dienone is 2. The molecule has 1 heterocycles. The molecule has 0 fully saturated rings. The molecule has 5 heteroatoms. The molecule has 2 aromatic rings. The van der Waals surface area contributed by atoms with Crippen molar-refractivity contribution in [2.45, 2.75) is 39.5 Å². The summed E-state index contributed by atoms with van der Waals surface area (Å²) >= 11 is 0. The monoisotopic (exact) mass is 391 g/mol. The summed E-state index contributed by atoms with van der Waals surface area (Å²) in [5.74, 6) is -0.580. The van der Waals surface area contributed by atoms with Crippen LogP contribution in [-0.4, -0.2) is 18.4 Å². The Balaban J connectivity index is 1.98. The standard InChI is InChI=1S/C24H25NO4/c1-4-28-23(27)21-19(16-11-7-9-14-8-5-6-10-15(14)16)20-17(26)12-24(2,3)13-18(20)29-22(21)25/h5-11,19H,4,12-13,25H2,1-3H3/t19-/m1/s1. The van der Waals surface area contributed by atoms with Gasteiger partial charge in [0.15, 0.2) is 5.78 Å². The maximum Gasteiger partial charge on any atom is 0.340 e. The summed E-state index contributed by atoms with van der Waals surface area (Å²) in [4.78, 5) is 26.1. The minimum Gasteiger partial charge on any atom is -0.462 e. The van der Waals surface area contributed by atoms with Gasteiger partial charge in [0.1, 0.15) is 11.3 Å². The lowest BCUT2D eigenvalue weighted by molar-refractivity contribution is -0.139. The highest BCUT2D eigenvalue weighted by Gasteiger charge is 2.45. The quantitative estimate of drug-likeness (QED) is 0.788. The van der Waals surface area contributed by atoms with Crippen LogP contribution in [0.2, 0.25) is 0 Å². The number of ether oxygens (including phenoxy) is 2. The highest BCUT2D eigenvalue weighted by molar-refractivity contribution is 6.05. The Morgan fingerprint density at radius 1 is 1.17 bits per heavy atom. The number of Topliss-reactive ketones (excluding diaryl/α,β-unsaturated/α-hetero) is 1. The van der Waals surface area contributed by atoms with Crippen molar-refractivity contribution in [1.82, 2.24) is 0 Å². The fraction of sp³-hybridized carbons (Fsp3) is 0.333. The third kappa shape index (κ3) is 3.31. The van der Waals surface area contributed by atoms with E-state index < -0.39 is 11.9 Å². The maximum atomic E-state index is 13.2. The van der Waals surface area contributed by atoms with Crippen molar-refractivity contribution in [2.24, 2.45) is 11.1 Å². The second-order valence-corrected chi connectivity index (χ2v) is 8.38. The molecule has 2 N–H and O–H groups in total. The molecule has 29 heavy (non-hydrogen) atoms. The van der Waals surface area contributed by atoms with Gasteiger partial charge < -0.3 is 15.2 Å². The van der Waals surface area contributed by atoms with E-state index >= 15 is 0 Å². The molecule has 0 spiro atoms. The minimum absolute atomic E-state index is 0.0107. The van der Waals surface area contributed by atoms with Gasteiger partial charge in [-0.2, -0.15) is 0 Å². The van der Waals surface area contributed by atoms with E-state index in [1.807, 2.05) is 56.3 Å². The van der Waals surface area contributed by atoms with Gasteiger partial charge >= 0.3 is 5.97 Å². The molecule has 0 saturated carbocycles. The molecule has 1 aliphatic carbocycles. The first-order chi connectivity index (χ1) is 13.8. The zero-order valence-corrected chi connectivity index (χ0v) is 17.0. The SMILES string of the molecule is CCOC(=O)C1=C(N)OC2=C(C(=O)CC(C)(C)C2)[C@H]1c1cccc2ccccc12. The van der Waals surface area contributed by atoms with Crippen molar-refractivity contribution in [3.63, 3.8) is 0 Å². The Labute approximate surface area is 170 Å². The first-order valence-corrected chi connectivity index (χ1v) is 9.91. The number of benzene rings is 2. The van der Waals surface area contributed by atoms with Crippen LogP contribution in [0.1, 0.15) is 45.1 Å². The van der Waals surface area contributed by atoms with Gasteiger partial charge in [-0.15, -0.1) is 0 Å². The smallest absolute Gasteiger partial charge is 0.340 e. The average Bonchev–Trinajstić information content (AvgIpc) is 2.65. The van der Waals surface area contributed by atoms with Crippen LogP contribution in [0.5, 0.6) is 0 Å². The Kier molecular flexibility index (Phi) is 4.69. The van der Waals surface area contributed by atoms with E-state index in [1.54, 1.807) is 6.92 Å². The van der Waals surface area contributed by atoms with E-state index in [0.717, 1.165) is 16.3 Å². The third-order valence-electron chi connectivity index (χ3n) is 5.58. The molecular formula is C24H25NO4. The number of fused-ring (bicyclic) bond motifs is 1. The lowest BCUT2D eigenvalue weighted by Crippen LogP contribution is -2.35. The Bertz CT molecular complexity index is 1070. The van der Waals surface area contributed by atoms with E-state index in [0.29, 0.717) is 24.2 Å². The van der Waals surface area contributed by atoms with Crippen LogP contribution in [0.3, 0.4) is 0 Å². The molecule has 0 aromatic heterocycles. The summed E-state index contributed by atoms with van der Waals surface area (Å²) in [5, 5.41) is 2.00. The van der Waals surface area contributed by atoms with Crippen molar-refractivity contribution in [3.05, 3.63) is 70.8 Å². The Morgan fingerprint density at radius 3 is 2.66 bits per heavy atom. The summed E-state index contributed by atoms with van der Waals surface area (Å²) in [7, 11) is 0. The Morgan fingerprint density at radius 2 is 1.90 bits per heavy atom. The molecule has 0 amide bonds. The van der Waals surface area contributed by atoms with E-state index in [2.05, 4.69) is 0 Å². The summed E-state index contributed by atoms with van der Waals surface area (Å²) in [6.45, 7) is 6.02. The van der Waals surface area contributed by atoms with Crippen LogP contribution < -0.4 is 5.73 Å². The van der Waals surface area contributed by atoms with E-state index in [1.165, 1.54) is 0 Å². The summed E-state index contributed by atoms with van der Waals surface area (Å²) in [6, 6.07) is 13.8. The van der Waals surface area contributed by atoms with Crippen LogP contribution >= 0.6 is 0 Å². The minimum atomic E-state index is -0.604. The molecular weight excluding hydrogens is 366 g/mol. The van der Waals surface area contributed by atoms with Crippen LogP contribution in [0.4, 0.5) is 0 Å². The van der Waals surface area contributed by atoms with Crippen molar-refractivity contribution in [3.8, 4) is 0 Å². The molecule has 5 nitrogen and oxygen atoms in total. The van der Waals surface area contributed by atoms with Crippen LogP contribution in [0.25, 0.3) is 10.8 Å². The van der Waals surface area contributed by atoms with Gasteiger partial charge in [0.2, 0.25) is 5.88 Å². The highest BCUT2D eigenvalue weighted by atomic mass is 16.5. The van der Waals surface area contributed by atoms with Crippen molar-refractivity contribution in [2.75, 3.05) is 6.61 Å². The number of hydrogen-bond acceptors (Lipinski definition) is 5. The van der Waals surface area contributed by atoms with Crippen LogP contribution in [-0.2, 0) is 19.1 Å². The zero-order chi connectivity index (χ0) is 20.8. The lowest BCUT2D eigenvalue weighted by Gasteiger charge is -2.38. The molecule has 0 saturated heterocycles. The molecule has 0 bridgehead atoms. The fourth-order valence-corrected chi connectivity index (χ4v) is 4.41. The van der Waals surface area contributed by atoms with Gasteiger partial charge in [0.25, 0.3) is 0 Å². The lowest BCUT2D eigenvalue weighted by atomic mass is 9.69. The molecule has 4 rings (SSSR count). The molecule has 0 radical (unpaired) electrons. The van der Waals surface area contributed by atoms with Gasteiger partial charge in [-0.25, -0.2) is 4.79 Å². The predicted molar refractivity (Wildman–Crippen MR) is 111 cm³/mol. The van der Waals surface area contributed by atoms with Gasteiger partial charge in [-0.3, -0.25) is 4.79 Å². The molecule has 2 aromatic carbocycles. The van der Waals surface area contributed by atoms with Crippen molar-refractivity contribution >= 4 is 22.5 Å². The molecule has 1 atom stereocenters. The van der Waals surface area contributed by atoms with Gasteiger partial charge in [-0.1, -0.05) is 56.3 Å². The van der Waals surface area contributed by atoms with E-state index in [-0.39, 0.29) is 29.3 Å². The molecule has 0 unspecified atom stereocenters. The number of nitrogens with two attached hydrogens (primary N) is 1. The predicted octanol–water partition coefficient (Wildman–Crippen LogP) is 4.33. The number of carbonyl (C=O) groups is 2. The summed E-state index contributed by atoms with van der Waals surface area (Å²) < 4.78 is 11.1. The number of hydrogen-bond donors (Lipinski definition) is 1. The summed E-state index contributed by atoms with van der Waals surface area (Å²) in [6.07, 6.45) is 0.985. The molecule has 1 aliphatic heterocycles. The van der Waals surface area contributed by atoms with Crippen molar-refractivity contribution < 1.29 is 19.1 Å². The van der Waals surface area contributed by atoms with Gasteiger partial charge in [0, 0.05) is 18.4 Å². The van der Waals surface area contributed by atoms with Gasteiger partial charge in [0.05, 0.1) is 12.5 Å². The average molecular weight is 391 g/mol. The first-order valence-electron chi connectivity index (χ1n) is 9.91. The van der Waals surface area contributed by atoms with Crippen molar-refractivity contribution in [1.29, 1.82) is 0 Å². The molecule has 2 aliphatic rings. The number of ketones is 1. The molecule has 150 valence electrons. The largest absolute Gasteiger partial charge is 0.462 e. The van der Waals surface area contributed by atoms with Gasteiger partial charge in [-0.05, 0) is 28.7 Å². The summed E-state index contributed by atoms with van der Waals surface area (Å²) in [5.41, 5.74) is 7.60. The maximum absolute atomic E-state index is 13.2. The fourth-order valence-electron chi connectivity index (χ4n) is 4.41. The number of esters is 1.